The molecule has 1 N–H and O–H groups in total. The van der Waals surface area contributed by atoms with Gasteiger partial charge in [0.1, 0.15) is 5.82 Å². The van der Waals surface area contributed by atoms with E-state index >= 15 is 0 Å². The summed E-state index contributed by atoms with van der Waals surface area (Å²) in [6, 6.07) is 15.9. The van der Waals surface area contributed by atoms with Gasteiger partial charge in [-0.05, 0) is 80.8 Å². The Bertz CT molecular complexity index is 1550. The number of carbonyl (C=O) groups excluding carboxylic acids is 1. The third kappa shape index (κ3) is 5.41. The number of aryl methyl sites for hydroxylation is 2. The van der Waals surface area contributed by atoms with Crippen LogP contribution in [-0.2, 0) is 6.18 Å². The van der Waals surface area contributed by atoms with Crippen LogP contribution in [0.15, 0.2) is 71.5 Å². The maximum absolute atomic E-state index is 13.7. The van der Waals surface area contributed by atoms with Crippen molar-refractivity contribution in [3.8, 4) is 5.69 Å². The van der Waals surface area contributed by atoms with E-state index in [-0.39, 0.29) is 11.2 Å². The van der Waals surface area contributed by atoms with E-state index in [1.807, 2.05) is 39.0 Å². The Morgan fingerprint density at radius 2 is 1.76 bits per heavy atom. The fraction of sp³-hybridized carbons (Fsp3) is 0.276. The van der Waals surface area contributed by atoms with E-state index < -0.39 is 23.8 Å². The van der Waals surface area contributed by atoms with Gasteiger partial charge in [-0.1, -0.05) is 31.2 Å². The molecule has 1 atom stereocenters. The summed E-state index contributed by atoms with van der Waals surface area (Å²) >= 11 is 0. The zero-order chi connectivity index (χ0) is 27.6. The average Bonchev–Trinajstić information content (AvgIpc) is 2.88. The first-order valence-corrected chi connectivity index (χ1v) is 12.4. The van der Waals surface area contributed by atoms with Crippen LogP contribution in [0.3, 0.4) is 0 Å². The fourth-order valence-corrected chi connectivity index (χ4v) is 4.36. The Kier molecular flexibility index (Phi) is 7.57. The molecule has 0 radical (unpaired) electrons. The lowest BCUT2D eigenvalue weighted by Crippen LogP contribution is -2.40. The van der Waals surface area contributed by atoms with Gasteiger partial charge in [-0.25, -0.2) is 9.78 Å². The molecule has 2 amide bonds. The van der Waals surface area contributed by atoms with Crippen molar-refractivity contribution < 1.29 is 18.0 Å². The van der Waals surface area contributed by atoms with Crippen molar-refractivity contribution in [3.63, 3.8) is 0 Å². The van der Waals surface area contributed by atoms with Crippen molar-refractivity contribution >= 4 is 22.6 Å². The van der Waals surface area contributed by atoms with Crippen molar-refractivity contribution in [2.24, 2.45) is 0 Å². The Balaban J connectivity index is 1.80. The number of nitrogens with zero attached hydrogens (tertiary/aromatic N) is 3. The summed E-state index contributed by atoms with van der Waals surface area (Å²) in [5.41, 5.74) is 2.07. The molecular weight excluding hydrogens is 493 g/mol. The topological polar surface area (TPSA) is 67.2 Å². The molecule has 198 valence electrons. The highest BCUT2D eigenvalue weighted by atomic mass is 19.4. The molecule has 0 saturated carbocycles. The first kappa shape index (κ1) is 26.9. The van der Waals surface area contributed by atoms with E-state index in [9.17, 15) is 22.8 Å². The second-order valence-electron chi connectivity index (χ2n) is 9.27. The summed E-state index contributed by atoms with van der Waals surface area (Å²) in [6.07, 6.45) is -3.95. The van der Waals surface area contributed by atoms with Crippen LogP contribution in [-0.4, -0.2) is 27.0 Å². The van der Waals surface area contributed by atoms with Crippen LogP contribution in [0, 0.1) is 13.8 Å². The maximum Gasteiger partial charge on any atom is 0.416 e. The monoisotopic (exact) mass is 522 g/mol. The minimum Gasteiger partial charge on any atom is -0.315 e. The van der Waals surface area contributed by atoms with Crippen LogP contribution < -0.4 is 10.9 Å². The van der Waals surface area contributed by atoms with Crippen LogP contribution in [0.2, 0.25) is 0 Å². The van der Waals surface area contributed by atoms with Crippen LogP contribution in [0.4, 0.5) is 23.7 Å². The molecule has 0 aliphatic carbocycles. The molecule has 38 heavy (non-hydrogen) atoms. The Morgan fingerprint density at radius 3 is 2.45 bits per heavy atom. The summed E-state index contributed by atoms with van der Waals surface area (Å²) in [6.45, 7) is 7.87. The van der Waals surface area contributed by atoms with Gasteiger partial charge < -0.3 is 10.2 Å². The lowest BCUT2D eigenvalue weighted by molar-refractivity contribution is -0.137. The van der Waals surface area contributed by atoms with Gasteiger partial charge in [0.2, 0.25) is 0 Å². The number of rotatable bonds is 6. The predicted octanol–water partition coefficient (Wildman–Crippen LogP) is 7.03. The molecule has 1 aromatic heterocycles. The van der Waals surface area contributed by atoms with Gasteiger partial charge in [0.25, 0.3) is 5.56 Å². The van der Waals surface area contributed by atoms with Gasteiger partial charge >= 0.3 is 12.2 Å². The number of nitrogens with one attached hydrogen (secondary N) is 1. The van der Waals surface area contributed by atoms with Crippen molar-refractivity contribution in [2.75, 3.05) is 11.9 Å². The maximum atomic E-state index is 13.7. The minimum atomic E-state index is -4.53. The van der Waals surface area contributed by atoms with E-state index in [0.717, 1.165) is 23.3 Å². The second-order valence-corrected chi connectivity index (χ2v) is 9.27. The summed E-state index contributed by atoms with van der Waals surface area (Å²) in [5, 5.41) is 3.03. The predicted molar refractivity (Wildman–Crippen MR) is 143 cm³/mol. The highest BCUT2D eigenvalue weighted by molar-refractivity contribution is 5.89. The van der Waals surface area contributed by atoms with E-state index in [2.05, 4.69) is 5.32 Å². The van der Waals surface area contributed by atoms with Gasteiger partial charge in [-0.2, -0.15) is 13.2 Å². The molecule has 0 saturated heterocycles. The Labute approximate surface area is 218 Å². The number of hydrogen-bond donors (Lipinski definition) is 1. The number of anilines is 1. The number of para-hydroxylation sites is 1. The number of alkyl halides is 3. The number of halogens is 3. The number of urea groups is 1. The minimum absolute atomic E-state index is 0.0242. The van der Waals surface area contributed by atoms with Gasteiger partial charge in [0, 0.05) is 12.2 Å². The Hall–Kier alpha value is -4.14. The third-order valence-electron chi connectivity index (χ3n) is 6.56. The third-order valence-corrected chi connectivity index (χ3v) is 6.56. The molecule has 0 aliphatic rings. The number of amides is 2. The standard InChI is InChI=1S/C29H29F3N4O2/c1-5-15-35(28(38)33-22-10-8-9-21(17-22)29(30,31)32)20(4)26-34-25-12-7-6-11-24(25)27(37)36(26)23-14-13-18(2)19(3)16-23/h6-14,16-17,20H,5,15H2,1-4H3,(H,33,38). The summed E-state index contributed by atoms with van der Waals surface area (Å²) in [5.74, 6) is 0.351. The molecule has 1 heterocycles. The van der Waals surface area contributed by atoms with Crippen LogP contribution in [0.1, 0.15) is 48.8 Å². The largest absolute Gasteiger partial charge is 0.416 e. The molecule has 0 spiro atoms. The molecule has 3 aromatic carbocycles. The van der Waals surface area contributed by atoms with E-state index in [4.69, 9.17) is 4.98 Å². The van der Waals surface area contributed by atoms with Crippen molar-refractivity contribution in [1.82, 2.24) is 14.5 Å². The summed E-state index contributed by atoms with van der Waals surface area (Å²) < 4.78 is 41.1. The van der Waals surface area contributed by atoms with E-state index in [1.54, 1.807) is 31.2 Å². The summed E-state index contributed by atoms with van der Waals surface area (Å²) in [4.78, 5) is 33.4. The lowest BCUT2D eigenvalue weighted by atomic mass is 10.1. The van der Waals surface area contributed by atoms with Gasteiger partial charge in [-0.3, -0.25) is 9.36 Å². The van der Waals surface area contributed by atoms with Crippen molar-refractivity contribution in [2.45, 2.75) is 46.3 Å². The van der Waals surface area contributed by atoms with Gasteiger partial charge in [0.15, 0.2) is 0 Å². The number of carbonyl (C=O) groups is 1. The molecule has 1 unspecified atom stereocenters. The quantitative estimate of drug-likeness (QED) is 0.296. The number of fused-ring (bicyclic) bond motifs is 1. The Morgan fingerprint density at radius 1 is 1.03 bits per heavy atom. The van der Waals surface area contributed by atoms with Crippen LogP contribution >= 0.6 is 0 Å². The first-order valence-electron chi connectivity index (χ1n) is 12.4. The molecule has 4 rings (SSSR count). The fourth-order valence-electron chi connectivity index (χ4n) is 4.36. The van der Waals surface area contributed by atoms with Gasteiger partial charge in [-0.15, -0.1) is 0 Å². The average molecular weight is 523 g/mol. The molecule has 0 bridgehead atoms. The molecular formula is C29H29F3N4O2. The zero-order valence-corrected chi connectivity index (χ0v) is 21.6. The molecule has 6 nitrogen and oxygen atoms in total. The number of benzene rings is 3. The lowest BCUT2D eigenvalue weighted by Gasteiger charge is -2.30. The second kappa shape index (κ2) is 10.7. The van der Waals surface area contributed by atoms with E-state index in [1.165, 1.54) is 21.6 Å². The van der Waals surface area contributed by atoms with Crippen molar-refractivity contribution in [3.05, 3.63) is 99.6 Å². The smallest absolute Gasteiger partial charge is 0.315 e. The zero-order valence-electron chi connectivity index (χ0n) is 21.6. The van der Waals surface area contributed by atoms with Gasteiger partial charge in [0.05, 0.1) is 28.2 Å². The van der Waals surface area contributed by atoms with Crippen molar-refractivity contribution in [1.29, 1.82) is 0 Å². The summed E-state index contributed by atoms with van der Waals surface area (Å²) in [7, 11) is 0. The number of hydrogen-bond acceptors (Lipinski definition) is 3. The van der Waals surface area contributed by atoms with E-state index in [0.29, 0.717) is 35.4 Å². The molecule has 0 aliphatic heterocycles. The molecule has 4 aromatic rings. The highest BCUT2D eigenvalue weighted by Gasteiger charge is 2.31. The highest BCUT2D eigenvalue weighted by Crippen LogP contribution is 2.31. The molecule has 0 fully saturated rings. The first-order chi connectivity index (χ1) is 18.0. The normalized spacial score (nSPS) is 12.4. The van der Waals surface area contributed by atoms with Crippen LogP contribution in [0.5, 0.6) is 0 Å². The number of aromatic nitrogens is 2. The van der Waals surface area contributed by atoms with Crippen LogP contribution in [0.25, 0.3) is 16.6 Å². The SMILES string of the molecule is CCCN(C(=O)Nc1cccc(C(F)(F)F)c1)C(C)c1nc2ccccc2c(=O)n1-c1ccc(C)c(C)c1. The molecule has 9 heteroatoms.